The van der Waals surface area contributed by atoms with Crippen LogP contribution in [0.1, 0.15) is 15.9 Å². The number of hydrogen-bond donors (Lipinski definition) is 3. The Labute approximate surface area is 111 Å². The summed E-state index contributed by atoms with van der Waals surface area (Å²) in [4.78, 5) is 10.8. The molecular weight excluding hydrogens is 273 g/mol. The van der Waals surface area contributed by atoms with Crippen LogP contribution in [0.3, 0.4) is 0 Å². The summed E-state index contributed by atoms with van der Waals surface area (Å²) >= 11 is 0. The van der Waals surface area contributed by atoms with Crippen molar-refractivity contribution in [2.45, 2.75) is 6.54 Å². The molecule has 0 fully saturated rings. The molecule has 6 nitrogen and oxygen atoms in total. The molecule has 0 heterocycles. The van der Waals surface area contributed by atoms with E-state index in [9.17, 15) is 17.6 Å². The Morgan fingerprint density at radius 3 is 2.58 bits per heavy atom. The first kappa shape index (κ1) is 15.5. The number of primary amides is 1. The minimum absolute atomic E-state index is 0.111. The van der Waals surface area contributed by atoms with Crippen LogP contribution < -0.4 is 15.8 Å². The van der Waals surface area contributed by atoms with Gasteiger partial charge in [-0.25, -0.2) is 17.5 Å². The first-order valence-corrected chi connectivity index (χ1v) is 7.42. The van der Waals surface area contributed by atoms with Crippen molar-refractivity contribution in [3.8, 4) is 0 Å². The summed E-state index contributed by atoms with van der Waals surface area (Å²) < 4.78 is 37.4. The summed E-state index contributed by atoms with van der Waals surface area (Å²) in [6, 6.07) is 3.98. The number of nitrogens with two attached hydrogens (primary N) is 1. The van der Waals surface area contributed by atoms with Gasteiger partial charge in [-0.1, -0.05) is 6.07 Å². The molecule has 106 valence electrons. The van der Waals surface area contributed by atoms with Crippen LogP contribution in [0, 0.1) is 5.82 Å². The van der Waals surface area contributed by atoms with Gasteiger partial charge in [0.05, 0.1) is 6.26 Å². The van der Waals surface area contributed by atoms with Gasteiger partial charge in [-0.2, -0.15) is 0 Å². The Balaban J connectivity index is 2.44. The molecule has 0 radical (unpaired) electrons. The van der Waals surface area contributed by atoms with Crippen LogP contribution in [0.5, 0.6) is 0 Å². The molecule has 1 aromatic rings. The predicted octanol–water partition coefficient (Wildman–Crippen LogP) is -0.437. The number of nitrogens with one attached hydrogen (secondary N) is 2. The van der Waals surface area contributed by atoms with E-state index >= 15 is 0 Å². The van der Waals surface area contributed by atoms with E-state index in [2.05, 4.69) is 10.0 Å². The fraction of sp³-hybridized carbons (Fsp3) is 0.364. The standard InChI is InChI=1S/C11H16FN3O3S/c1-19(17,18)15-5-4-14-7-9-3-2-8(11(13)16)6-10(9)12/h2-3,6,14-15H,4-5,7H2,1H3,(H2,13,16). The Morgan fingerprint density at radius 1 is 1.37 bits per heavy atom. The number of halogens is 1. The molecule has 0 aromatic heterocycles. The van der Waals surface area contributed by atoms with Crippen molar-refractivity contribution < 1.29 is 17.6 Å². The van der Waals surface area contributed by atoms with E-state index in [4.69, 9.17) is 5.73 Å². The molecule has 1 rings (SSSR count). The van der Waals surface area contributed by atoms with E-state index < -0.39 is 21.7 Å². The molecule has 0 unspecified atom stereocenters. The van der Waals surface area contributed by atoms with E-state index in [0.717, 1.165) is 12.3 Å². The summed E-state index contributed by atoms with van der Waals surface area (Å²) in [6.45, 7) is 0.820. The topological polar surface area (TPSA) is 101 Å². The largest absolute Gasteiger partial charge is 0.366 e. The molecule has 19 heavy (non-hydrogen) atoms. The predicted molar refractivity (Wildman–Crippen MR) is 69.5 cm³/mol. The molecular formula is C11H16FN3O3S. The monoisotopic (exact) mass is 289 g/mol. The first-order valence-electron chi connectivity index (χ1n) is 5.53. The molecule has 4 N–H and O–H groups in total. The number of rotatable bonds is 7. The highest BCUT2D eigenvalue weighted by Gasteiger charge is 2.06. The summed E-state index contributed by atoms with van der Waals surface area (Å²) in [5.41, 5.74) is 5.52. The maximum Gasteiger partial charge on any atom is 0.248 e. The molecule has 0 atom stereocenters. The zero-order valence-electron chi connectivity index (χ0n) is 10.4. The Hall–Kier alpha value is -1.51. The summed E-state index contributed by atoms with van der Waals surface area (Å²) in [7, 11) is -3.21. The van der Waals surface area contributed by atoms with Crippen molar-refractivity contribution in [2.24, 2.45) is 5.73 Å². The van der Waals surface area contributed by atoms with E-state index in [1.54, 1.807) is 0 Å². The fourth-order valence-corrected chi connectivity index (χ4v) is 1.86. The SMILES string of the molecule is CS(=O)(=O)NCCNCc1ccc(C(N)=O)cc1F. The first-order chi connectivity index (χ1) is 8.79. The Morgan fingerprint density at radius 2 is 2.05 bits per heavy atom. The van der Waals surface area contributed by atoms with E-state index in [-0.39, 0.29) is 18.7 Å². The molecule has 0 spiro atoms. The van der Waals surface area contributed by atoms with Gasteiger partial charge in [0.2, 0.25) is 15.9 Å². The average molecular weight is 289 g/mol. The lowest BCUT2D eigenvalue weighted by atomic mass is 10.1. The lowest BCUT2D eigenvalue weighted by molar-refractivity contribution is 0.1000. The van der Waals surface area contributed by atoms with E-state index in [1.807, 2.05) is 0 Å². The Kier molecular flexibility index (Phi) is 5.40. The molecule has 0 bridgehead atoms. The number of amides is 1. The molecule has 0 aliphatic carbocycles. The number of sulfonamides is 1. The van der Waals surface area contributed by atoms with Gasteiger partial charge in [0.1, 0.15) is 5.82 Å². The summed E-state index contributed by atoms with van der Waals surface area (Å²) in [5, 5.41) is 2.88. The highest BCUT2D eigenvalue weighted by Crippen LogP contribution is 2.09. The van der Waals surface area contributed by atoms with Gasteiger partial charge in [0, 0.05) is 30.8 Å². The van der Waals surface area contributed by atoms with Crippen LogP contribution in [0.15, 0.2) is 18.2 Å². The van der Waals surface area contributed by atoms with Crippen LogP contribution in [-0.2, 0) is 16.6 Å². The van der Waals surface area contributed by atoms with Crippen molar-refractivity contribution in [1.82, 2.24) is 10.0 Å². The number of carbonyl (C=O) groups is 1. The highest BCUT2D eigenvalue weighted by atomic mass is 32.2. The third kappa shape index (κ3) is 5.77. The highest BCUT2D eigenvalue weighted by molar-refractivity contribution is 7.88. The van der Waals surface area contributed by atoms with Gasteiger partial charge < -0.3 is 11.1 Å². The quantitative estimate of drug-likeness (QED) is 0.592. The zero-order chi connectivity index (χ0) is 14.5. The number of benzene rings is 1. The van der Waals surface area contributed by atoms with Gasteiger partial charge in [0.15, 0.2) is 0 Å². The van der Waals surface area contributed by atoms with Crippen molar-refractivity contribution in [3.05, 3.63) is 35.1 Å². The van der Waals surface area contributed by atoms with Crippen LogP contribution in [-0.4, -0.2) is 33.7 Å². The second-order valence-electron chi connectivity index (χ2n) is 4.01. The molecule has 1 aromatic carbocycles. The van der Waals surface area contributed by atoms with Gasteiger partial charge in [-0.05, 0) is 12.1 Å². The average Bonchev–Trinajstić information content (AvgIpc) is 2.28. The molecule has 0 saturated heterocycles. The third-order valence-corrected chi connectivity index (χ3v) is 3.05. The second-order valence-corrected chi connectivity index (χ2v) is 5.85. The van der Waals surface area contributed by atoms with Crippen molar-refractivity contribution >= 4 is 15.9 Å². The van der Waals surface area contributed by atoms with Crippen molar-refractivity contribution in [2.75, 3.05) is 19.3 Å². The lowest BCUT2D eigenvalue weighted by Gasteiger charge is -2.07. The smallest absolute Gasteiger partial charge is 0.248 e. The molecule has 0 aliphatic heterocycles. The van der Waals surface area contributed by atoms with Gasteiger partial charge in [-0.15, -0.1) is 0 Å². The fourth-order valence-electron chi connectivity index (χ4n) is 1.39. The van der Waals surface area contributed by atoms with Gasteiger partial charge in [0.25, 0.3) is 0 Å². The maximum absolute atomic E-state index is 13.5. The number of hydrogen-bond acceptors (Lipinski definition) is 4. The van der Waals surface area contributed by atoms with E-state index in [0.29, 0.717) is 12.1 Å². The zero-order valence-corrected chi connectivity index (χ0v) is 11.3. The van der Waals surface area contributed by atoms with Gasteiger partial charge >= 0.3 is 0 Å². The maximum atomic E-state index is 13.5. The number of carbonyl (C=O) groups excluding carboxylic acids is 1. The van der Waals surface area contributed by atoms with Crippen molar-refractivity contribution in [3.63, 3.8) is 0 Å². The van der Waals surface area contributed by atoms with Crippen molar-refractivity contribution in [1.29, 1.82) is 0 Å². The van der Waals surface area contributed by atoms with Crippen LogP contribution in [0.4, 0.5) is 4.39 Å². The third-order valence-electron chi connectivity index (χ3n) is 2.32. The molecule has 8 heteroatoms. The van der Waals surface area contributed by atoms with Gasteiger partial charge in [-0.3, -0.25) is 4.79 Å². The molecule has 1 amide bonds. The second kappa shape index (κ2) is 6.60. The normalized spacial score (nSPS) is 11.5. The van der Waals surface area contributed by atoms with Crippen LogP contribution in [0.25, 0.3) is 0 Å². The van der Waals surface area contributed by atoms with Crippen LogP contribution >= 0.6 is 0 Å². The summed E-state index contributed by atoms with van der Waals surface area (Å²) in [5.74, 6) is -1.21. The minimum Gasteiger partial charge on any atom is -0.366 e. The summed E-state index contributed by atoms with van der Waals surface area (Å²) in [6.07, 6.45) is 1.06. The molecule has 0 saturated carbocycles. The van der Waals surface area contributed by atoms with E-state index in [1.165, 1.54) is 12.1 Å². The Bertz CT molecular complexity index is 560. The van der Waals surface area contributed by atoms with Crippen LogP contribution in [0.2, 0.25) is 0 Å². The lowest BCUT2D eigenvalue weighted by Crippen LogP contribution is -2.31. The molecule has 0 aliphatic rings. The minimum atomic E-state index is -3.21.